The van der Waals surface area contributed by atoms with Crippen LogP contribution in [0, 0.1) is 0 Å². The van der Waals surface area contributed by atoms with Crippen LogP contribution in [0.3, 0.4) is 0 Å². The van der Waals surface area contributed by atoms with Crippen molar-refractivity contribution >= 4 is 17.3 Å². The molecule has 1 aliphatic heterocycles. The molecule has 23 heavy (non-hydrogen) atoms. The molecule has 2 aromatic carbocycles. The van der Waals surface area contributed by atoms with E-state index >= 15 is 0 Å². The number of nitrogens with zero attached hydrogens (tertiary/aromatic N) is 1. The van der Waals surface area contributed by atoms with E-state index in [1.807, 2.05) is 12.1 Å². The molecule has 0 saturated carbocycles. The number of halogens is 1. The fourth-order valence-electron chi connectivity index (χ4n) is 2.77. The van der Waals surface area contributed by atoms with E-state index in [0.29, 0.717) is 23.1 Å². The Balaban J connectivity index is 1.77. The third kappa shape index (κ3) is 3.89. The predicted octanol–water partition coefficient (Wildman–Crippen LogP) is 3.34. The first-order valence-electron chi connectivity index (χ1n) is 7.78. The average Bonchev–Trinajstić information content (AvgIpc) is 2.61. The lowest BCUT2D eigenvalue weighted by Crippen LogP contribution is -2.43. The topological polar surface area (TPSA) is 33.7 Å². The molecule has 0 bridgehead atoms. The van der Waals surface area contributed by atoms with Crippen LogP contribution in [0.1, 0.15) is 5.56 Å². The van der Waals surface area contributed by atoms with Gasteiger partial charge in [-0.25, -0.2) is 0 Å². The first-order valence-corrected chi connectivity index (χ1v) is 8.15. The lowest BCUT2D eigenvalue weighted by atomic mass is 10.1. The monoisotopic (exact) mass is 332 g/mol. The molecule has 0 spiro atoms. The van der Waals surface area contributed by atoms with Crippen molar-refractivity contribution in [2.45, 2.75) is 6.61 Å². The highest BCUT2D eigenvalue weighted by atomic mass is 35.5. The predicted molar refractivity (Wildman–Crippen MR) is 93.9 cm³/mol. The minimum Gasteiger partial charge on any atom is -0.493 e. The molecule has 0 unspecified atom stereocenters. The van der Waals surface area contributed by atoms with Gasteiger partial charge in [-0.15, -0.1) is 0 Å². The van der Waals surface area contributed by atoms with Gasteiger partial charge in [0.15, 0.2) is 11.5 Å². The molecule has 0 radical (unpaired) electrons. The third-order valence-electron chi connectivity index (χ3n) is 3.96. The summed E-state index contributed by atoms with van der Waals surface area (Å²) in [5, 5.41) is 4.01. The number of ether oxygens (including phenoxy) is 2. The Hall–Kier alpha value is -1.91. The molecule has 2 aromatic rings. The van der Waals surface area contributed by atoms with E-state index in [4.69, 9.17) is 21.1 Å². The van der Waals surface area contributed by atoms with Crippen LogP contribution < -0.4 is 19.7 Å². The molecular formula is C18H21ClN2O2. The minimum absolute atomic E-state index is 0.483. The Labute approximate surface area is 142 Å². The van der Waals surface area contributed by atoms with Crippen LogP contribution in [-0.4, -0.2) is 33.3 Å². The van der Waals surface area contributed by atoms with Gasteiger partial charge in [0, 0.05) is 48.5 Å². The van der Waals surface area contributed by atoms with Gasteiger partial charge in [0.05, 0.1) is 7.11 Å². The molecule has 3 rings (SSSR count). The zero-order chi connectivity index (χ0) is 16.1. The Bertz CT molecular complexity index is 657. The average molecular weight is 333 g/mol. The van der Waals surface area contributed by atoms with Crippen molar-refractivity contribution in [3.8, 4) is 11.5 Å². The molecule has 0 aliphatic carbocycles. The summed E-state index contributed by atoms with van der Waals surface area (Å²) < 4.78 is 11.3. The smallest absolute Gasteiger partial charge is 0.163 e. The van der Waals surface area contributed by atoms with Gasteiger partial charge in [-0.1, -0.05) is 29.8 Å². The maximum absolute atomic E-state index is 6.06. The summed E-state index contributed by atoms with van der Waals surface area (Å²) in [5.74, 6) is 1.35. The number of anilines is 1. The summed E-state index contributed by atoms with van der Waals surface area (Å²) in [6, 6.07) is 13.8. The van der Waals surface area contributed by atoms with Crippen molar-refractivity contribution < 1.29 is 9.47 Å². The van der Waals surface area contributed by atoms with Gasteiger partial charge in [-0.05, 0) is 18.2 Å². The molecule has 122 valence electrons. The van der Waals surface area contributed by atoms with Gasteiger partial charge in [-0.3, -0.25) is 0 Å². The van der Waals surface area contributed by atoms with Crippen LogP contribution in [0.5, 0.6) is 11.5 Å². The van der Waals surface area contributed by atoms with Crippen LogP contribution in [-0.2, 0) is 6.61 Å². The highest BCUT2D eigenvalue weighted by Gasteiger charge is 2.14. The van der Waals surface area contributed by atoms with E-state index in [9.17, 15) is 0 Å². The van der Waals surface area contributed by atoms with E-state index in [2.05, 4.69) is 28.4 Å². The highest BCUT2D eigenvalue weighted by Crippen LogP contribution is 2.31. The second-order valence-electron chi connectivity index (χ2n) is 5.45. The molecule has 0 amide bonds. The SMILES string of the molecule is COc1ccc(Cl)cc1OCc1ccccc1N1CCNCC1. The lowest BCUT2D eigenvalue weighted by Gasteiger charge is -2.31. The number of benzene rings is 2. The van der Waals surface area contributed by atoms with Crippen molar-refractivity contribution in [3.63, 3.8) is 0 Å². The number of hydrogen-bond acceptors (Lipinski definition) is 4. The first kappa shape index (κ1) is 16.0. The standard InChI is InChI=1S/C18H21ClN2O2/c1-22-17-7-6-15(19)12-18(17)23-13-14-4-2-3-5-16(14)21-10-8-20-9-11-21/h2-7,12,20H,8-11,13H2,1H3. The number of hydrogen-bond donors (Lipinski definition) is 1. The zero-order valence-electron chi connectivity index (χ0n) is 13.2. The number of para-hydroxylation sites is 1. The van der Waals surface area contributed by atoms with Gasteiger partial charge < -0.3 is 19.7 Å². The fourth-order valence-corrected chi connectivity index (χ4v) is 2.93. The van der Waals surface area contributed by atoms with Gasteiger partial charge in [0.2, 0.25) is 0 Å². The first-order chi connectivity index (χ1) is 11.3. The third-order valence-corrected chi connectivity index (χ3v) is 4.19. The maximum Gasteiger partial charge on any atom is 0.163 e. The highest BCUT2D eigenvalue weighted by molar-refractivity contribution is 6.30. The maximum atomic E-state index is 6.06. The summed E-state index contributed by atoms with van der Waals surface area (Å²) in [5.41, 5.74) is 2.39. The molecule has 1 heterocycles. The van der Waals surface area contributed by atoms with Crippen LogP contribution in [0.2, 0.25) is 5.02 Å². The molecule has 1 fully saturated rings. The van der Waals surface area contributed by atoms with Crippen molar-refractivity contribution in [2.75, 3.05) is 38.2 Å². The van der Waals surface area contributed by atoms with Crippen LogP contribution >= 0.6 is 11.6 Å². The van der Waals surface area contributed by atoms with Crippen LogP contribution in [0.15, 0.2) is 42.5 Å². The van der Waals surface area contributed by atoms with E-state index < -0.39 is 0 Å². The molecule has 1 aliphatic rings. The van der Waals surface area contributed by atoms with Crippen molar-refractivity contribution in [1.29, 1.82) is 0 Å². The van der Waals surface area contributed by atoms with Crippen molar-refractivity contribution in [1.82, 2.24) is 5.32 Å². The van der Waals surface area contributed by atoms with Crippen LogP contribution in [0.4, 0.5) is 5.69 Å². The Morgan fingerprint density at radius 3 is 2.65 bits per heavy atom. The molecule has 0 atom stereocenters. The largest absolute Gasteiger partial charge is 0.493 e. The molecule has 5 heteroatoms. The lowest BCUT2D eigenvalue weighted by molar-refractivity contribution is 0.284. The second kappa shape index (κ2) is 7.57. The normalized spacial score (nSPS) is 14.6. The fraction of sp³-hybridized carbons (Fsp3) is 0.333. The molecule has 0 aromatic heterocycles. The number of nitrogens with one attached hydrogen (secondary N) is 1. The minimum atomic E-state index is 0.483. The van der Waals surface area contributed by atoms with Gasteiger partial charge in [0.25, 0.3) is 0 Å². The van der Waals surface area contributed by atoms with E-state index in [-0.39, 0.29) is 0 Å². The Morgan fingerprint density at radius 1 is 1.09 bits per heavy atom. The molecule has 4 nitrogen and oxygen atoms in total. The molecule has 1 saturated heterocycles. The Kier molecular flexibility index (Phi) is 5.26. The van der Waals surface area contributed by atoms with E-state index in [0.717, 1.165) is 31.7 Å². The summed E-state index contributed by atoms with van der Waals surface area (Å²) in [6.45, 7) is 4.53. The zero-order valence-corrected chi connectivity index (χ0v) is 14.0. The molecular weight excluding hydrogens is 312 g/mol. The number of methoxy groups -OCH3 is 1. The summed E-state index contributed by atoms with van der Waals surface area (Å²) in [4.78, 5) is 2.39. The number of piperazine rings is 1. The second-order valence-corrected chi connectivity index (χ2v) is 5.89. The van der Waals surface area contributed by atoms with Crippen molar-refractivity contribution in [3.05, 3.63) is 53.1 Å². The quantitative estimate of drug-likeness (QED) is 0.910. The van der Waals surface area contributed by atoms with Crippen molar-refractivity contribution in [2.24, 2.45) is 0 Å². The van der Waals surface area contributed by atoms with E-state index in [1.54, 1.807) is 19.2 Å². The van der Waals surface area contributed by atoms with Gasteiger partial charge in [-0.2, -0.15) is 0 Å². The summed E-state index contributed by atoms with van der Waals surface area (Å²) >= 11 is 6.06. The summed E-state index contributed by atoms with van der Waals surface area (Å²) in [6.07, 6.45) is 0. The van der Waals surface area contributed by atoms with Gasteiger partial charge in [0.1, 0.15) is 6.61 Å². The molecule has 1 N–H and O–H groups in total. The van der Waals surface area contributed by atoms with Crippen LogP contribution in [0.25, 0.3) is 0 Å². The van der Waals surface area contributed by atoms with Gasteiger partial charge >= 0.3 is 0 Å². The van der Waals surface area contributed by atoms with E-state index in [1.165, 1.54) is 5.69 Å². The summed E-state index contributed by atoms with van der Waals surface area (Å²) in [7, 11) is 1.63. The number of rotatable bonds is 5. The Morgan fingerprint density at radius 2 is 1.87 bits per heavy atom.